The van der Waals surface area contributed by atoms with Crippen LogP contribution >= 0.6 is 0 Å². The van der Waals surface area contributed by atoms with E-state index >= 15 is 0 Å². The molecule has 3 aromatic rings. The molecule has 1 N–H and O–H groups in total. The van der Waals surface area contributed by atoms with Crippen molar-refractivity contribution >= 4 is 29.2 Å². The number of anilines is 2. The van der Waals surface area contributed by atoms with Gasteiger partial charge in [-0.25, -0.2) is 14.1 Å². The van der Waals surface area contributed by atoms with Gasteiger partial charge in [0.1, 0.15) is 17.6 Å². The number of urea groups is 1. The van der Waals surface area contributed by atoms with Gasteiger partial charge in [0, 0.05) is 12.2 Å². The Hall–Kier alpha value is -4.60. The summed E-state index contributed by atoms with van der Waals surface area (Å²) < 4.78 is 29.3. The highest BCUT2D eigenvalue weighted by Gasteiger charge is 2.46. The molecule has 0 radical (unpaired) electrons. The summed E-state index contributed by atoms with van der Waals surface area (Å²) in [6.07, 6.45) is -0.265. The van der Waals surface area contributed by atoms with Crippen molar-refractivity contribution < 1.29 is 33.0 Å². The van der Waals surface area contributed by atoms with Gasteiger partial charge >= 0.3 is 6.03 Å². The standard InChI is InChI=1S/C26H22FN3O6/c1-34-20-9-5-18(6-10-20)28-24(31)13-21-25(32)30(19-7-3-17(27)4-8-19)26(33)29(21)14-16-2-11-22-23(12-16)36-15-35-22/h2-12,21H,13-15H2,1H3,(H,28,31)/t21-/m0/s1. The average molecular weight is 491 g/mol. The Kier molecular flexibility index (Phi) is 6.16. The molecule has 2 aliphatic heterocycles. The van der Waals surface area contributed by atoms with Crippen molar-refractivity contribution in [2.45, 2.75) is 19.0 Å². The number of benzene rings is 3. The fraction of sp³-hybridized carbons (Fsp3) is 0.192. The summed E-state index contributed by atoms with van der Waals surface area (Å²) in [5, 5.41) is 2.75. The van der Waals surface area contributed by atoms with E-state index in [0.29, 0.717) is 28.5 Å². The molecule has 10 heteroatoms. The fourth-order valence-corrected chi connectivity index (χ4v) is 4.14. The summed E-state index contributed by atoms with van der Waals surface area (Å²) in [7, 11) is 1.54. The monoisotopic (exact) mass is 491 g/mol. The first-order chi connectivity index (χ1) is 17.4. The minimum absolute atomic E-state index is 0.0550. The van der Waals surface area contributed by atoms with E-state index in [9.17, 15) is 18.8 Å². The molecule has 0 unspecified atom stereocenters. The molecule has 1 saturated heterocycles. The van der Waals surface area contributed by atoms with Gasteiger partial charge in [0.25, 0.3) is 5.91 Å². The van der Waals surface area contributed by atoms with Crippen molar-refractivity contribution in [2.24, 2.45) is 0 Å². The van der Waals surface area contributed by atoms with Gasteiger partial charge in [-0.2, -0.15) is 0 Å². The molecule has 0 aliphatic carbocycles. The highest BCUT2D eigenvalue weighted by atomic mass is 19.1. The Morgan fingerprint density at radius 2 is 1.75 bits per heavy atom. The zero-order valence-corrected chi connectivity index (χ0v) is 19.3. The molecule has 0 aromatic heterocycles. The number of ether oxygens (including phenoxy) is 3. The molecule has 4 amide bonds. The van der Waals surface area contributed by atoms with Crippen molar-refractivity contribution in [1.82, 2.24) is 4.90 Å². The van der Waals surface area contributed by atoms with Crippen molar-refractivity contribution in [3.8, 4) is 17.2 Å². The predicted molar refractivity (Wildman–Crippen MR) is 127 cm³/mol. The number of hydrogen-bond acceptors (Lipinski definition) is 6. The number of carbonyl (C=O) groups excluding carboxylic acids is 3. The van der Waals surface area contributed by atoms with Gasteiger partial charge < -0.3 is 24.4 Å². The van der Waals surface area contributed by atoms with Crippen LogP contribution in [-0.4, -0.2) is 42.7 Å². The Morgan fingerprint density at radius 1 is 1.03 bits per heavy atom. The summed E-state index contributed by atoms with van der Waals surface area (Å²) >= 11 is 0. The van der Waals surface area contributed by atoms with Gasteiger partial charge in [-0.05, 0) is 66.2 Å². The van der Waals surface area contributed by atoms with E-state index in [1.54, 1.807) is 42.5 Å². The zero-order valence-electron chi connectivity index (χ0n) is 19.3. The predicted octanol–water partition coefficient (Wildman–Crippen LogP) is 3.93. The largest absolute Gasteiger partial charge is 0.497 e. The van der Waals surface area contributed by atoms with E-state index in [2.05, 4.69) is 5.32 Å². The van der Waals surface area contributed by atoms with Gasteiger partial charge in [-0.3, -0.25) is 9.59 Å². The van der Waals surface area contributed by atoms with E-state index < -0.39 is 29.7 Å². The number of amides is 4. The van der Waals surface area contributed by atoms with Crippen molar-refractivity contribution in [2.75, 3.05) is 24.1 Å². The lowest BCUT2D eigenvalue weighted by Gasteiger charge is -2.22. The van der Waals surface area contributed by atoms with Crippen LogP contribution in [0, 0.1) is 5.82 Å². The molecule has 9 nitrogen and oxygen atoms in total. The van der Waals surface area contributed by atoms with Crippen LogP contribution in [-0.2, 0) is 16.1 Å². The molecular formula is C26H22FN3O6. The maximum Gasteiger partial charge on any atom is 0.332 e. The first-order valence-corrected chi connectivity index (χ1v) is 11.2. The summed E-state index contributed by atoms with van der Waals surface area (Å²) in [6, 6.07) is 15.3. The van der Waals surface area contributed by atoms with Gasteiger partial charge in [0.15, 0.2) is 11.5 Å². The average Bonchev–Trinajstić information content (AvgIpc) is 3.43. The summed E-state index contributed by atoms with van der Waals surface area (Å²) in [5.41, 5.74) is 1.44. The number of imide groups is 1. The van der Waals surface area contributed by atoms with Crippen LogP contribution < -0.4 is 24.4 Å². The van der Waals surface area contributed by atoms with E-state index in [-0.39, 0.29) is 25.4 Å². The van der Waals surface area contributed by atoms with Gasteiger partial charge in [0.05, 0.1) is 19.2 Å². The van der Waals surface area contributed by atoms with Crippen LogP contribution in [0.15, 0.2) is 66.7 Å². The molecular weight excluding hydrogens is 469 g/mol. The molecule has 0 spiro atoms. The highest BCUT2D eigenvalue weighted by Crippen LogP contribution is 2.34. The SMILES string of the molecule is COc1ccc(NC(=O)C[C@H]2C(=O)N(c3ccc(F)cc3)C(=O)N2Cc2ccc3c(c2)OCO3)cc1. The molecule has 1 fully saturated rings. The van der Waals surface area contributed by atoms with Crippen molar-refractivity contribution in [3.63, 3.8) is 0 Å². The Balaban J connectivity index is 1.40. The van der Waals surface area contributed by atoms with Crippen molar-refractivity contribution in [3.05, 3.63) is 78.1 Å². The number of halogens is 1. The minimum Gasteiger partial charge on any atom is -0.497 e. The van der Waals surface area contributed by atoms with E-state index in [1.807, 2.05) is 0 Å². The van der Waals surface area contributed by atoms with Crippen LogP contribution in [0.25, 0.3) is 0 Å². The number of hydrogen-bond donors (Lipinski definition) is 1. The molecule has 2 heterocycles. The maximum absolute atomic E-state index is 13.5. The Bertz CT molecular complexity index is 1310. The van der Waals surface area contributed by atoms with Crippen LogP contribution in [0.5, 0.6) is 17.2 Å². The second-order valence-corrected chi connectivity index (χ2v) is 8.24. The Labute approximate surface area is 206 Å². The third-order valence-electron chi connectivity index (χ3n) is 5.95. The van der Waals surface area contributed by atoms with Gasteiger partial charge in [0.2, 0.25) is 12.7 Å². The van der Waals surface area contributed by atoms with Crippen LogP contribution in [0.1, 0.15) is 12.0 Å². The van der Waals surface area contributed by atoms with E-state index in [4.69, 9.17) is 14.2 Å². The molecule has 5 rings (SSSR count). The first kappa shape index (κ1) is 23.2. The Morgan fingerprint density at radius 3 is 2.47 bits per heavy atom. The smallest absolute Gasteiger partial charge is 0.332 e. The number of carbonyl (C=O) groups is 3. The first-order valence-electron chi connectivity index (χ1n) is 11.2. The topological polar surface area (TPSA) is 97.4 Å². The van der Waals surface area contributed by atoms with Crippen molar-refractivity contribution in [1.29, 1.82) is 0 Å². The van der Waals surface area contributed by atoms with Crippen LogP contribution in [0.2, 0.25) is 0 Å². The number of nitrogens with zero attached hydrogens (tertiary/aromatic N) is 2. The number of nitrogens with one attached hydrogen (secondary N) is 1. The van der Waals surface area contributed by atoms with E-state index in [0.717, 1.165) is 4.90 Å². The van der Waals surface area contributed by atoms with Gasteiger partial charge in [-0.1, -0.05) is 6.07 Å². The quantitative estimate of drug-likeness (QED) is 0.503. The lowest BCUT2D eigenvalue weighted by atomic mass is 10.1. The van der Waals surface area contributed by atoms with Crippen LogP contribution in [0.3, 0.4) is 0 Å². The fourth-order valence-electron chi connectivity index (χ4n) is 4.14. The number of fused-ring (bicyclic) bond motifs is 1. The molecule has 0 bridgehead atoms. The molecule has 184 valence electrons. The van der Waals surface area contributed by atoms with Crippen LogP contribution in [0.4, 0.5) is 20.6 Å². The molecule has 2 aliphatic rings. The molecule has 3 aromatic carbocycles. The number of methoxy groups -OCH3 is 1. The van der Waals surface area contributed by atoms with E-state index in [1.165, 1.54) is 36.3 Å². The highest BCUT2D eigenvalue weighted by molar-refractivity contribution is 6.22. The molecule has 36 heavy (non-hydrogen) atoms. The lowest BCUT2D eigenvalue weighted by Crippen LogP contribution is -2.37. The lowest BCUT2D eigenvalue weighted by molar-refractivity contribution is -0.124. The normalized spacial score (nSPS) is 16.4. The zero-order chi connectivity index (χ0) is 25.2. The van der Waals surface area contributed by atoms with Gasteiger partial charge in [-0.15, -0.1) is 0 Å². The summed E-state index contributed by atoms with van der Waals surface area (Å²) in [6.45, 7) is 0.159. The molecule has 1 atom stereocenters. The summed E-state index contributed by atoms with van der Waals surface area (Å²) in [5.74, 6) is 0.251. The summed E-state index contributed by atoms with van der Waals surface area (Å²) in [4.78, 5) is 42.0. The second-order valence-electron chi connectivity index (χ2n) is 8.24. The second kappa shape index (κ2) is 9.57. The minimum atomic E-state index is -1.06. The third kappa shape index (κ3) is 4.52. The number of rotatable bonds is 7. The molecule has 0 saturated carbocycles. The maximum atomic E-state index is 13.5. The third-order valence-corrected chi connectivity index (χ3v) is 5.95.